The summed E-state index contributed by atoms with van der Waals surface area (Å²) in [5.74, 6) is -0.345. The topological polar surface area (TPSA) is 109 Å². The molecule has 108 valence electrons. The average molecular weight is 297 g/mol. The van der Waals surface area contributed by atoms with Crippen LogP contribution in [0.5, 0.6) is 0 Å². The van der Waals surface area contributed by atoms with Gasteiger partial charge in [-0.05, 0) is 12.1 Å². The summed E-state index contributed by atoms with van der Waals surface area (Å²) in [6.07, 6.45) is 2.93. The first-order valence-corrected chi connectivity index (χ1v) is 7.28. The first-order chi connectivity index (χ1) is 9.44. The van der Waals surface area contributed by atoms with E-state index in [9.17, 15) is 13.2 Å². The monoisotopic (exact) mass is 297 g/mol. The summed E-state index contributed by atoms with van der Waals surface area (Å²) in [6, 6.07) is 3.00. The Bertz CT molecular complexity index is 703. The van der Waals surface area contributed by atoms with Crippen LogP contribution < -0.4 is 10.0 Å². The molecule has 0 aromatic carbocycles. The molecule has 2 aromatic rings. The molecular formula is C11H15N5O3S. The van der Waals surface area contributed by atoms with Crippen molar-refractivity contribution < 1.29 is 13.2 Å². The predicted molar refractivity (Wildman–Crippen MR) is 71.4 cm³/mol. The summed E-state index contributed by atoms with van der Waals surface area (Å²) < 4.78 is 28.1. The smallest absolute Gasteiger partial charge is 0.267 e. The molecule has 0 aliphatic heterocycles. The summed E-state index contributed by atoms with van der Waals surface area (Å²) in [5, 5.41) is 8.84. The minimum atomic E-state index is -3.68. The maximum Gasteiger partial charge on any atom is 0.267 e. The van der Waals surface area contributed by atoms with Crippen molar-refractivity contribution in [2.24, 2.45) is 7.05 Å². The number of hydrogen-bond donors (Lipinski definition) is 3. The van der Waals surface area contributed by atoms with Crippen LogP contribution in [0.25, 0.3) is 0 Å². The summed E-state index contributed by atoms with van der Waals surface area (Å²) in [5.41, 5.74) is 0.922. The van der Waals surface area contributed by atoms with E-state index in [1.54, 1.807) is 13.1 Å². The van der Waals surface area contributed by atoms with Gasteiger partial charge in [-0.25, -0.2) is 13.1 Å². The molecule has 0 bridgehead atoms. The number of aromatic amines is 1. The van der Waals surface area contributed by atoms with E-state index in [1.165, 1.54) is 30.1 Å². The Morgan fingerprint density at radius 1 is 1.50 bits per heavy atom. The number of nitrogens with one attached hydrogen (secondary N) is 3. The SMILES string of the molecule is CNC(=O)c1cc(S(=O)(=O)NCc2ccn[nH]2)cn1C. The highest BCUT2D eigenvalue weighted by molar-refractivity contribution is 7.89. The van der Waals surface area contributed by atoms with Crippen LogP contribution in [0.2, 0.25) is 0 Å². The molecule has 0 spiro atoms. The number of rotatable bonds is 5. The molecule has 8 nitrogen and oxygen atoms in total. The van der Waals surface area contributed by atoms with E-state index in [2.05, 4.69) is 20.2 Å². The van der Waals surface area contributed by atoms with E-state index < -0.39 is 10.0 Å². The number of amides is 1. The lowest BCUT2D eigenvalue weighted by atomic mass is 10.4. The van der Waals surface area contributed by atoms with Gasteiger partial charge in [0.05, 0.1) is 12.2 Å². The number of nitrogens with zero attached hydrogens (tertiary/aromatic N) is 2. The van der Waals surface area contributed by atoms with Gasteiger partial charge in [0.15, 0.2) is 0 Å². The van der Waals surface area contributed by atoms with Crippen molar-refractivity contribution in [2.45, 2.75) is 11.4 Å². The minimum absolute atomic E-state index is 0.0399. The predicted octanol–water partition coefficient (Wildman–Crippen LogP) is -0.414. The number of sulfonamides is 1. The highest BCUT2D eigenvalue weighted by atomic mass is 32.2. The second kappa shape index (κ2) is 5.47. The molecule has 9 heteroatoms. The largest absolute Gasteiger partial charge is 0.354 e. The first kappa shape index (κ1) is 14.3. The van der Waals surface area contributed by atoms with E-state index in [0.29, 0.717) is 5.69 Å². The fourth-order valence-corrected chi connectivity index (χ4v) is 2.75. The van der Waals surface area contributed by atoms with Crippen molar-refractivity contribution in [3.63, 3.8) is 0 Å². The lowest BCUT2D eigenvalue weighted by molar-refractivity contribution is 0.0955. The summed E-state index contributed by atoms with van der Waals surface area (Å²) in [6.45, 7) is 0.104. The molecule has 0 aliphatic carbocycles. The zero-order chi connectivity index (χ0) is 14.8. The van der Waals surface area contributed by atoms with Crippen molar-refractivity contribution in [3.05, 3.63) is 35.9 Å². The van der Waals surface area contributed by atoms with Crippen molar-refractivity contribution in [1.29, 1.82) is 0 Å². The van der Waals surface area contributed by atoms with Gasteiger partial charge in [0.2, 0.25) is 10.0 Å². The third kappa shape index (κ3) is 2.89. The number of hydrogen-bond acceptors (Lipinski definition) is 4. The van der Waals surface area contributed by atoms with Crippen LogP contribution in [-0.4, -0.2) is 36.1 Å². The van der Waals surface area contributed by atoms with Gasteiger partial charge in [-0.15, -0.1) is 0 Å². The summed E-state index contributed by atoms with van der Waals surface area (Å²) in [4.78, 5) is 11.6. The van der Waals surface area contributed by atoms with Crippen LogP contribution in [0.4, 0.5) is 0 Å². The van der Waals surface area contributed by atoms with Crippen LogP contribution in [-0.2, 0) is 23.6 Å². The normalized spacial score (nSPS) is 11.5. The Morgan fingerprint density at radius 2 is 2.25 bits per heavy atom. The molecule has 2 aromatic heterocycles. The van der Waals surface area contributed by atoms with Crippen LogP contribution in [0.15, 0.2) is 29.4 Å². The van der Waals surface area contributed by atoms with Gasteiger partial charge in [0.25, 0.3) is 5.91 Å². The summed E-state index contributed by atoms with van der Waals surface area (Å²) in [7, 11) is -0.583. The zero-order valence-electron chi connectivity index (χ0n) is 11.0. The molecule has 20 heavy (non-hydrogen) atoms. The molecule has 0 aliphatic rings. The highest BCUT2D eigenvalue weighted by Crippen LogP contribution is 2.13. The van der Waals surface area contributed by atoms with Crippen LogP contribution >= 0.6 is 0 Å². The molecule has 1 amide bonds. The third-order valence-electron chi connectivity index (χ3n) is 2.76. The molecule has 0 atom stereocenters. The number of aromatic nitrogens is 3. The first-order valence-electron chi connectivity index (χ1n) is 5.80. The zero-order valence-corrected chi connectivity index (χ0v) is 11.9. The lowest BCUT2D eigenvalue weighted by Crippen LogP contribution is -2.23. The van der Waals surface area contributed by atoms with E-state index in [-0.39, 0.29) is 23.0 Å². The van der Waals surface area contributed by atoms with Gasteiger partial charge in [-0.2, -0.15) is 5.10 Å². The number of aryl methyl sites for hydroxylation is 1. The van der Waals surface area contributed by atoms with E-state index in [0.717, 1.165) is 0 Å². The average Bonchev–Trinajstić information content (AvgIpc) is 3.05. The van der Waals surface area contributed by atoms with Gasteiger partial charge < -0.3 is 9.88 Å². The van der Waals surface area contributed by atoms with Gasteiger partial charge in [-0.3, -0.25) is 9.89 Å². The highest BCUT2D eigenvalue weighted by Gasteiger charge is 2.19. The molecule has 2 heterocycles. The fraction of sp³-hybridized carbons (Fsp3) is 0.273. The fourth-order valence-electron chi connectivity index (χ4n) is 1.67. The molecule has 0 radical (unpaired) electrons. The van der Waals surface area contributed by atoms with E-state index >= 15 is 0 Å². The number of carbonyl (C=O) groups is 1. The Balaban J connectivity index is 2.19. The number of H-pyrrole nitrogens is 1. The molecule has 3 N–H and O–H groups in total. The second-order valence-corrected chi connectivity index (χ2v) is 5.92. The van der Waals surface area contributed by atoms with Crippen LogP contribution in [0, 0.1) is 0 Å². The maximum absolute atomic E-state index is 12.1. The van der Waals surface area contributed by atoms with Gasteiger partial charge in [-0.1, -0.05) is 0 Å². The van der Waals surface area contributed by atoms with Crippen LogP contribution in [0.1, 0.15) is 16.2 Å². The Labute approximate surface area is 116 Å². The van der Waals surface area contributed by atoms with Crippen molar-refractivity contribution in [3.8, 4) is 0 Å². The van der Waals surface area contributed by atoms with Gasteiger partial charge in [0, 0.05) is 26.5 Å². The van der Waals surface area contributed by atoms with Crippen LogP contribution in [0.3, 0.4) is 0 Å². The molecule has 0 unspecified atom stereocenters. The lowest BCUT2D eigenvalue weighted by Gasteiger charge is -2.02. The molecule has 0 saturated heterocycles. The van der Waals surface area contributed by atoms with Crippen molar-refractivity contribution >= 4 is 15.9 Å². The summed E-state index contributed by atoms with van der Waals surface area (Å²) >= 11 is 0. The maximum atomic E-state index is 12.1. The Kier molecular flexibility index (Phi) is 3.91. The molecule has 2 rings (SSSR count). The second-order valence-electron chi connectivity index (χ2n) is 4.16. The van der Waals surface area contributed by atoms with Crippen molar-refractivity contribution in [1.82, 2.24) is 24.8 Å². The quantitative estimate of drug-likeness (QED) is 0.696. The van der Waals surface area contributed by atoms with E-state index in [4.69, 9.17) is 0 Å². The Morgan fingerprint density at radius 3 is 2.85 bits per heavy atom. The van der Waals surface area contributed by atoms with E-state index in [1.807, 2.05) is 0 Å². The number of carbonyl (C=O) groups excluding carboxylic acids is 1. The standard InChI is InChI=1S/C11H15N5O3S/c1-12-11(17)10-5-9(7-16(10)2)20(18,19)14-6-8-3-4-13-15-8/h3-5,7,14H,6H2,1-2H3,(H,12,17)(H,13,15). The molecule has 0 saturated carbocycles. The Hall–Kier alpha value is -2.13. The van der Waals surface area contributed by atoms with Gasteiger partial charge >= 0.3 is 0 Å². The molecule has 0 fully saturated rings. The van der Waals surface area contributed by atoms with Crippen molar-refractivity contribution in [2.75, 3.05) is 7.05 Å². The van der Waals surface area contributed by atoms with Gasteiger partial charge in [0.1, 0.15) is 10.6 Å². The molecular weight excluding hydrogens is 282 g/mol. The third-order valence-corrected chi connectivity index (χ3v) is 4.13. The minimum Gasteiger partial charge on any atom is -0.354 e.